The zero-order valence-electron chi connectivity index (χ0n) is 13.7. The third-order valence-electron chi connectivity index (χ3n) is 5.20. The molecule has 1 aliphatic heterocycles. The molecular formula is C21H22O2. The van der Waals surface area contributed by atoms with Gasteiger partial charge in [0.25, 0.3) is 0 Å². The van der Waals surface area contributed by atoms with Gasteiger partial charge in [0.05, 0.1) is 19.8 Å². The van der Waals surface area contributed by atoms with Crippen molar-refractivity contribution in [1.29, 1.82) is 0 Å². The first-order valence-corrected chi connectivity index (χ1v) is 8.37. The third-order valence-corrected chi connectivity index (χ3v) is 5.20. The summed E-state index contributed by atoms with van der Waals surface area (Å²) < 4.78 is 11.5. The minimum absolute atomic E-state index is 0.158. The highest BCUT2D eigenvalue weighted by Gasteiger charge is 2.38. The lowest BCUT2D eigenvalue weighted by Crippen LogP contribution is -2.18. The van der Waals surface area contributed by atoms with Crippen LogP contribution in [0.4, 0.5) is 0 Å². The Labute approximate surface area is 137 Å². The first-order chi connectivity index (χ1) is 11.3. The molecule has 1 aliphatic carbocycles. The summed E-state index contributed by atoms with van der Waals surface area (Å²) in [4.78, 5) is 0. The van der Waals surface area contributed by atoms with Crippen molar-refractivity contribution in [2.45, 2.75) is 25.9 Å². The predicted molar refractivity (Wildman–Crippen MR) is 92.5 cm³/mol. The molecule has 0 radical (unpaired) electrons. The first-order valence-electron chi connectivity index (χ1n) is 8.37. The van der Waals surface area contributed by atoms with E-state index in [4.69, 9.17) is 9.47 Å². The van der Waals surface area contributed by atoms with Crippen LogP contribution in [0.25, 0.3) is 5.57 Å². The van der Waals surface area contributed by atoms with Crippen molar-refractivity contribution in [3.8, 4) is 5.75 Å². The van der Waals surface area contributed by atoms with Crippen LogP contribution in [0, 0.1) is 5.92 Å². The molecule has 1 saturated heterocycles. The number of methoxy groups -OCH3 is 1. The average molecular weight is 306 g/mol. The normalized spacial score (nSPS) is 22.7. The van der Waals surface area contributed by atoms with Gasteiger partial charge in [-0.15, -0.1) is 0 Å². The summed E-state index contributed by atoms with van der Waals surface area (Å²) in [6.45, 7) is 3.01. The molecule has 2 nitrogen and oxygen atoms in total. The zero-order valence-corrected chi connectivity index (χ0v) is 13.7. The smallest absolute Gasteiger partial charge is 0.118 e. The average Bonchev–Trinajstić information content (AvgIpc) is 3.03. The Balaban J connectivity index is 1.73. The van der Waals surface area contributed by atoms with Crippen LogP contribution >= 0.6 is 0 Å². The molecular weight excluding hydrogens is 284 g/mol. The molecule has 118 valence electrons. The molecule has 0 aromatic heterocycles. The molecule has 1 unspecified atom stereocenters. The van der Waals surface area contributed by atoms with Crippen LogP contribution < -0.4 is 4.74 Å². The maximum absolute atomic E-state index is 6.22. The van der Waals surface area contributed by atoms with Gasteiger partial charge in [0.2, 0.25) is 0 Å². The highest BCUT2D eigenvalue weighted by molar-refractivity contribution is 5.74. The quantitative estimate of drug-likeness (QED) is 0.810. The van der Waals surface area contributed by atoms with Gasteiger partial charge in [-0.25, -0.2) is 0 Å². The molecule has 0 saturated carbocycles. The molecule has 23 heavy (non-hydrogen) atoms. The number of rotatable bonds is 3. The van der Waals surface area contributed by atoms with Crippen molar-refractivity contribution in [3.05, 3.63) is 70.8 Å². The Kier molecular flexibility index (Phi) is 3.70. The number of benzene rings is 2. The molecule has 2 heteroatoms. The fraction of sp³-hybridized carbons (Fsp3) is 0.333. The Morgan fingerprint density at radius 3 is 2.61 bits per heavy atom. The second-order valence-electron chi connectivity index (χ2n) is 6.33. The van der Waals surface area contributed by atoms with Gasteiger partial charge < -0.3 is 9.47 Å². The van der Waals surface area contributed by atoms with Gasteiger partial charge in [0.15, 0.2) is 0 Å². The Morgan fingerprint density at radius 2 is 1.87 bits per heavy atom. The number of fused-ring (bicyclic) bond motifs is 2. The van der Waals surface area contributed by atoms with E-state index in [1.54, 1.807) is 7.11 Å². The van der Waals surface area contributed by atoms with E-state index in [0.717, 1.165) is 25.2 Å². The van der Waals surface area contributed by atoms with Gasteiger partial charge >= 0.3 is 0 Å². The molecule has 2 aromatic rings. The molecule has 0 spiro atoms. The molecule has 0 amide bonds. The van der Waals surface area contributed by atoms with E-state index >= 15 is 0 Å². The Bertz CT molecular complexity index is 743. The number of hydrogen-bond acceptors (Lipinski definition) is 2. The lowest BCUT2D eigenvalue weighted by Gasteiger charge is -2.28. The van der Waals surface area contributed by atoms with Crippen molar-refractivity contribution < 1.29 is 9.47 Å². The topological polar surface area (TPSA) is 18.5 Å². The summed E-state index contributed by atoms with van der Waals surface area (Å²) in [7, 11) is 1.70. The van der Waals surface area contributed by atoms with Crippen molar-refractivity contribution in [3.63, 3.8) is 0 Å². The summed E-state index contributed by atoms with van der Waals surface area (Å²) in [6, 6.07) is 17.2. The minimum atomic E-state index is 0.158. The largest absolute Gasteiger partial charge is 0.497 e. The third kappa shape index (κ3) is 2.38. The van der Waals surface area contributed by atoms with Crippen LogP contribution in [-0.2, 0) is 11.2 Å². The zero-order chi connectivity index (χ0) is 15.8. The van der Waals surface area contributed by atoms with Gasteiger partial charge in [-0.2, -0.15) is 0 Å². The van der Waals surface area contributed by atoms with E-state index in [0.29, 0.717) is 5.92 Å². The van der Waals surface area contributed by atoms with Crippen LogP contribution in [0.3, 0.4) is 0 Å². The van der Waals surface area contributed by atoms with E-state index < -0.39 is 0 Å². The first kappa shape index (κ1) is 14.5. The number of hydrogen-bond donors (Lipinski definition) is 0. The van der Waals surface area contributed by atoms with Gasteiger partial charge in [-0.05, 0) is 52.8 Å². The van der Waals surface area contributed by atoms with Crippen molar-refractivity contribution in [1.82, 2.24) is 0 Å². The Morgan fingerprint density at radius 1 is 1.09 bits per heavy atom. The van der Waals surface area contributed by atoms with E-state index in [9.17, 15) is 0 Å². The van der Waals surface area contributed by atoms with Crippen LogP contribution in [-0.4, -0.2) is 13.7 Å². The van der Waals surface area contributed by atoms with E-state index in [-0.39, 0.29) is 6.10 Å². The number of ether oxygens (including phenoxy) is 2. The lowest BCUT2D eigenvalue weighted by atomic mass is 9.76. The highest BCUT2D eigenvalue weighted by atomic mass is 16.5. The van der Waals surface area contributed by atoms with Gasteiger partial charge in [0, 0.05) is 5.92 Å². The molecule has 4 rings (SSSR count). The summed E-state index contributed by atoms with van der Waals surface area (Å²) in [5.74, 6) is 1.36. The van der Waals surface area contributed by atoms with E-state index in [1.165, 1.54) is 27.8 Å². The molecule has 2 aliphatic rings. The van der Waals surface area contributed by atoms with Crippen molar-refractivity contribution >= 4 is 5.57 Å². The molecule has 1 fully saturated rings. The summed E-state index contributed by atoms with van der Waals surface area (Å²) >= 11 is 0. The highest BCUT2D eigenvalue weighted by Crippen LogP contribution is 2.47. The fourth-order valence-electron chi connectivity index (χ4n) is 4.07. The SMILES string of the molecule is CCC1=C2CO[C@@H](c3ccc(OC)cc3)C2Cc2ccccc21. The lowest BCUT2D eigenvalue weighted by molar-refractivity contribution is 0.0911. The standard InChI is InChI=1S/C21H22O2/c1-3-17-18-7-5-4-6-15(18)12-19-20(17)13-23-21(19)14-8-10-16(22-2)11-9-14/h4-11,19,21H,3,12-13H2,1-2H3/t19?,21-/m0/s1. The van der Waals surface area contributed by atoms with Gasteiger partial charge in [0.1, 0.15) is 5.75 Å². The second kappa shape index (κ2) is 5.86. The van der Waals surface area contributed by atoms with E-state index in [2.05, 4.69) is 43.3 Å². The second-order valence-corrected chi connectivity index (χ2v) is 6.33. The molecule has 2 aromatic carbocycles. The fourth-order valence-corrected chi connectivity index (χ4v) is 4.07. The molecule has 0 N–H and O–H groups in total. The van der Waals surface area contributed by atoms with Crippen LogP contribution in [0.1, 0.15) is 36.1 Å². The Hall–Kier alpha value is -2.06. The summed E-state index contributed by atoms with van der Waals surface area (Å²) in [5, 5.41) is 0. The van der Waals surface area contributed by atoms with Gasteiger partial charge in [-0.1, -0.05) is 43.3 Å². The minimum Gasteiger partial charge on any atom is -0.497 e. The monoisotopic (exact) mass is 306 g/mol. The summed E-state index contributed by atoms with van der Waals surface area (Å²) in [6.07, 6.45) is 2.30. The molecule has 1 heterocycles. The summed E-state index contributed by atoms with van der Waals surface area (Å²) in [5.41, 5.74) is 7.14. The molecule has 0 bridgehead atoms. The van der Waals surface area contributed by atoms with Crippen molar-refractivity contribution in [2.24, 2.45) is 5.92 Å². The van der Waals surface area contributed by atoms with E-state index in [1.807, 2.05) is 12.1 Å². The molecule has 2 atom stereocenters. The predicted octanol–water partition coefficient (Wildman–Crippen LogP) is 4.80. The van der Waals surface area contributed by atoms with Crippen LogP contribution in [0.5, 0.6) is 5.75 Å². The van der Waals surface area contributed by atoms with Crippen LogP contribution in [0.2, 0.25) is 0 Å². The van der Waals surface area contributed by atoms with Crippen LogP contribution in [0.15, 0.2) is 54.1 Å². The maximum atomic E-state index is 6.22. The maximum Gasteiger partial charge on any atom is 0.118 e. The number of allylic oxidation sites excluding steroid dienone is 1. The van der Waals surface area contributed by atoms with Crippen molar-refractivity contribution in [2.75, 3.05) is 13.7 Å². The van der Waals surface area contributed by atoms with Gasteiger partial charge in [-0.3, -0.25) is 0 Å².